The Balaban J connectivity index is 1.60. The number of amides is 1. The Bertz CT molecular complexity index is 1120. The Kier molecular flexibility index (Phi) is 6.38. The standard InChI is InChI=1S/C22H25N3O4S/c1-15-4-6-18(7-5-15)20-14-24-21(29-20)12-13-22(26)25(3)16(2)17-8-10-19(11-9-17)30(23,27)28/h4-11,14,16H,12-13H2,1-3H3,(H2,23,27,28)/t16-/m0/s1. The molecule has 1 atom stereocenters. The summed E-state index contributed by atoms with van der Waals surface area (Å²) in [6, 6.07) is 14.0. The number of carbonyl (C=O) groups excluding carboxylic acids is 1. The molecule has 7 nitrogen and oxygen atoms in total. The third-order valence-corrected chi connectivity index (χ3v) is 6.04. The molecule has 0 aliphatic rings. The number of aryl methyl sites for hydroxylation is 2. The highest BCUT2D eigenvalue weighted by molar-refractivity contribution is 7.89. The fourth-order valence-electron chi connectivity index (χ4n) is 3.04. The molecule has 0 aliphatic heterocycles. The molecule has 1 amide bonds. The molecular formula is C22H25N3O4S. The lowest BCUT2D eigenvalue weighted by Crippen LogP contribution is -2.29. The molecule has 3 aromatic rings. The van der Waals surface area contributed by atoms with Crippen LogP contribution in [0.3, 0.4) is 0 Å². The summed E-state index contributed by atoms with van der Waals surface area (Å²) in [6.45, 7) is 3.90. The molecule has 158 valence electrons. The van der Waals surface area contributed by atoms with Gasteiger partial charge in [-0.2, -0.15) is 0 Å². The predicted molar refractivity (Wildman–Crippen MR) is 114 cm³/mol. The smallest absolute Gasteiger partial charge is 0.238 e. The average Bonchev–Trinajstić information content (AvgIpc) is 3.20. The van der Waals surface area contributed by atoms with Crippen molar-refractivity contribution in [1.29, 1.82) is 0 Å². The summed E-state index contributed by atoms with van der Waals surface area (Å²) in [5, 5.41) is 5.12. The van der Waals surface area contributed by atoms with Crippen molar-refractivity contribution in [2.24, 2.45) is 5.14 Å². The largest absolute Gasteiger partial charge is 0.441 e. The summed E-state index contributed by atoms with van der Waals surface area (Å²) in [5.74, 6) is 1.12. The van der Waals surface area contributed by atoms with Crippen molar-refractivity contribution in [2.45, 2.75) is 37.6 Å². The zero-order valence-electron chi connectivity index (χ0n) is 17.2. The Labute approximate surface area is 176 Å². The van der Waals surface area contributed by atoms with Crippen LogP contribution in [0.25, 0.3) is 11.3 Å². The van der Waals surface area contributed by atoms with Crippen molar-refractivity contribution in [2.75, 3.05) is 7.05 Å². The van der Waals surface area contributed by atoms with E-state index >= 15 is 0 Å². The van der Waals surface area contributed by atoms with E-state index in [1.54, 1.807) is 30.3 Å². The first-order chi connectivity index (χ1) is 14.1. The quantitative estimate of drug-likeness (QED) is 0.621. The molecule has 2 aromatic carbocycles. The normalized spacial score (nSPS) is 12.5. The number of oxazole rings is 1. The third-order valence-electron chi connectivity index (χ3n) is 5.11. The highest BCUT2D eigenvalue weighted by Gasteiger charge is 2.19. The van der Waals surface area contributed by atoms with Gasteiger partial charge in [-0.3, -0.25) is 4.79 Å². The first kappa shape index (κ1) is 21.7. The van der Waals surface area contributed by atoms with Crippen LogP contribution in [0.4, 0.5) is 0 Å². The van der Waals surface area contributed by atoms with Crippen LogP contribution in [0.5, 0.6) is 0 Å². The van der Waals surface area contributed by atoms with E-state index in [1.165, 1.54) is 17.7 Å². The number of nitrogens with zero attached hydrogens (tertiary/aromatic N) is 2. The molecule has 0 fully saturated rings. The van der Waals surface area contributed by atoms with Gasteiger partial charge in [0, 0.05) is 25.5 Å². The molecule has 1 heterocycles. The first-order valence-electron chi connectivity index (χ1n) is 9.55. The van der Waals surface area contributed by atoms with Crippen molar-refractivity contribution >= 4 is 15.9 Å². The van der Waals surface area contributed by atoms with E-state index in [4.69, 9.17) is 9.56 Å². The van der Waals surface area contributed by atoms with Crippen molar-refractivity contribution in [3.05, 3.63) is 71.7 Å². The summed E-state index contributed by atoms with van der Waals surface area (Å²) >= 11 is 0. The third kappa shape index (κ3) is 5.14. The molecule has 0 bridgehead atoms. The van der Waals surface area contributed by atoms with Crippen LogP contribution in [0.2, 0.25) is 0 Å². The molecule has 0 saturated heterocycles. The van der Waals surface area contributed by atoms with Gasteiger partial charge in [0.1, 0.15) is 0 Å². The predicted octanol–water partition coefficient (Wildman–Crippen LogP) is 3.45. The van der Waals surface area contributed by atoms with E-state index in [1.807, 2.05) is 38.1 Å². The second-order valence-electron chi connectivity index (χ2n) is 7.28. The number of rotatable bonds is 7. The van der Waals surface area contributed by atoms with Gasteiger partial charge in [-0.1, -0.05) is 42.0 Å². The fourth-order valence-corrected chi connectivity index (χ4v) is 3.56. The number of nitrogens with two attached hydrogens (primary N) is 1. The summed E-state index contributed by atoms with van der Waals surface area (Å²) in [7, 11) is -2.02. The van der Waals surface area contributed by atoms with E-state index < -0.39 is 10.0 Å². The lowest BCUT2D eigenvalue weighted by molar-refractivity contribution is -0.131. The molecular weight excluding hydrogens is 402 g/mol. The van der Waals surface area contributed by atoms with Gasteiger partial charge in [-0.25, -0.2) is 18.5 Å². The molecule has 0 saturated carbocycles. The maximum absolute atomic E-state index is 12.6. The Hall–Kier alpha value is -2.97. The molecule has 0 spiro atoms. The number of primary sulfonamides is 1. The maximum atomic E-state index is 12.6. The van der Waals surface area contributed by atoms with Gasteiger partial charge < -0.3 is 9.32 Å². The Morgan fingerprint density at radius 1 is 1.13 bits per heavy atom. The first-order valence-corrected chi connectivity index (χ1v) is 11.1. The fraction of sp³-hybridized carbons (Fsp3) is 0.273. The van der Waals surface area contributed by atoms with Crippen LogP contribution in [0.1, 0.15) is 36.4 Å². The van der Waals surface area contributed by atoms with E-state index in [0.29, 0.717) is 18.1 Å². The van der Waals surface area contributed by atoms with E-state index in [9.17, 15) is 13.2 Å². The molecule has 1 aromatic heterocycles. The van der Waals surface area contributed by atoms with Crippen LogP contribution in [0, 0.1) is 6.92 Å². The minimum atomic E-state index is -3.74. The summed E-state index contributed by atoms with van der Waals surface area (Å²) in [4.78, 5) is 18.6. The lowest BCUT2D eigenvalue weighted by Gasteiger charge is -2.25. The van der Waals surface area contributed by atoms with Crippen molar-refractivity contribution in [3.8, 4) is 11.3 Å². The molecule has 0 unspecified atom stereocenters. The van der Waals surface area contributed by atoms with Crippen LogP contribution in [-0.2, 0) is 21.2 Å². The van der Waals surface area contributed by atoms with E-state index in [0.717, 1.165) is 11.1 Å². The molecule has 0 radical (unpaired) electrons. The maximum Gasteiger partial charge on any atom is 0.238 e. The number of hydrogen-bond donors (Lipinski definition) is 1. The number of hydrogen-bond acceptors (Lipinski definition) is 5. The Morgan fingerprint density at radius 3 is 2.37 bits per heavy atom. The van der Waals surface area contributed by atoms with Crippen molar-refractivity contribution in [1.82, 2.24) is 9.88 Å². The van der Waals surface area contributed by atoms with Crippen LogP contribution in [0.15, 0.2) is 64.0 Å². The van der Waals surface area contributed by atoms with Gasteiger partial charge in [-0.05, 0) is 31.5 Å². The van der Waals surface area contributed by atoms with Gasteiger partial charge >= 0.3 is 0 Å². The lowest BCUT2D eigenvalue weighted by atomic mass is 10.1. The minimum Gasteiger partial charge on any atom is -0.441 e. The van der Waals surface area contributed by atoms with Gasteiger partial charge in [0.2, 0.25) is 15.9 Å². The average molecular weight is 428 g/mol. The van der Waals surface area contributed by atoms with Gasteiger partial charge in [0.15, 0.2) is 11.7 Å². The van der Waals surface area contributed by atoms with Gasteiger partial charge in [0.25, 0.3) is 0 Å². The monoisotopic (exact) mass is 427 g/mol. The second kappa shape index (κ2) is 8.81. The zero-order chi connectivity index (χ0) is 21.9. The molecule has 8 heteroatoms. The number of sulfonamides is 1. The zero-order valence-corrected chi connectivity index (χ0v) is 18.0. The highest BCUT2D eigenvalue weighted by Crippen LogP contribution is 2.23. The van der Waals surface area contributed by atoms with E-state index in [2.05, 4.69) is 4.98 Å². The summed E-state index contributed by atoms with van der Waals surface area (Å²) in [5.41, 5.74) is 2.93. The van der Waals surface area contributed by atoms with Gasteiger partial charge in [0.05, 0.1) is 17.1 Å². The van der Waals surface area contributed by atoms with Crippen LogP contribution < -0.4 is 5.14 Å². The highest BCUT2D eigenvalue weighted by atomic mass is 32.2. The number of aromatic nitrogens is 1. The molecule has 30 heavy (non-hydrogen) atoms. The molecule has 3 rings (SSSR count). The van der Waals surface area contributed by atoms with Crippen molar-refractivity contribution < 1.29 is 17.6 Å². The number of carbonyl (C=O) groups is 1. The van der Waals surface area contributed by atoms with Crippen LogP contribution >= 0.6 is 0 Å². The summed E-state index contributed by atoms with van der Waals surface area (Å²) in [6.07, 6.45) is 2.32. The topological polar surface area (TPSA) is 106 Å². The molecule has 0 aliphatic carbocycles. The molecule has 2 N–H and O–H groups in total. The Morgan fingerprint density at radius 2 is 1.77 bits per heavy atom. The second-order valence-corrected chi connectivity index (χ2v) is 8.84. The SMILES string of the molecule is Cc1ccc(-c2cnc(CCC(=O)N(C)[C@@H](C)c3ccc(S(N)(=O)=O)cc3)o2)cc1. The van der Waals surface area contributed by atoms with Gasteiger partial charge in [-0.15, -0.1) is 0 Å². The van der Waals surface area contributed by atoms with Crippen LogP contribution in [-0.4, -0.2) is 31.3 Å². The number of benzene rings is 2. The van der Waals surface area contributed by atoms with Crippen molar-refractivity contribution in [3.63, 3.8) is 0 Å². The summed E-state index contributed by atoms with van der Waals surface area (Å²) < 4.78 is 28.5. The minimum absolute atomic E-state index is 0.0423. The van der Waals surface area contributed by atoms with E-state index in [-0.39, 0.29) is 23.3 Å².